The summed E-state index contributed by atoms with van der Waals surface area (Å²) < 4.78 is 16.9. The Morgan fingerprint density at radius 3 is 2.08 bits per heavy atom. The lowest BCUT2D eigenvalue weighted by Gasteiger charge is -2.13. The summed E-state index contributed by atoms with van der Waals surface area (Å²) >= 11 is 3.43. The van der Waals surface area contributed by atoms with Gasteiger partial charge in [-0.25, -0.2) is 9.59 Å². The van der Waals surface area contributed by atoms with Gasteiger partial charge in [0.25, 0.3) is 5.91 Å². The number of benzene rings is 1. The summed E-state index contributed by atoms with van der Waals surface area (Å²) in [6, 6.07) is 7.31. The van der Waals surface area contributed by atoms with E-state index < -0.39 is 17.8 Å². The van der Waals surface area contributed by atoms with Crippen LogP contribution in [0.2, 0.25) is 0 Å². The summed E-state index contributed by atoms with van der Waals surface area (Å²) in [6.07, 6.45) is -0.720. The molecular formula is C25H28BrN3O7. The average Bonchev–Trinajstić information content (AvgIpc) is 3.37. The van der Waals surface area contributed by atoms with Crippen molar-refractivity contribution in [3.8, 4) is 0 Å². The van der Waals surface area contributed by atoms with Crippen molar-refractivity contribution in [2.75, 3.05) is 5.32 Å². The van der Waals surface area contributed by atoms with Gasteiger partial charge in [-0.2, -0.15) is 0 Å². The molecule has 0 spiro atoms. The minimum atomic E-state index is -0.632. The summed E-state index contributed by atoms with van der Waals surface area (Å²) in [5.41, 5.74) is 1.97. The van der Waals surface area contributed by atoms with Gasteiger partial charge in [0, 0.05) is 5.69 Å². The van der Waals surface area contributed by atoms with Crippen molar-refractivity contribution in [1.29, 1.82) is 0 Å². The Bertz CT molecular complexity index is 1240. The zero-order chi connectivity index (χ0) is 26.6. The van der Waals surface area contributed by atoms with Gasteiger partial charge < -0.3 is 24.0 Å². The number of furan rings is 1. The van der Waals surface area contributed by atoms with E-state index in [9.17, 15) is 14.4 Å². The first-order chi connectivity index (χ1) is 16.9. The van der Waals surface area contributed by atoms with Crippen LogP contribution in [0.15, 0.2) is 39.2 Å². The van der Waals surface area contributed by atoms with Gasteiger partial charge in [0.1, 0.15) is 5.76 Å². The summed E-state index contributed by atoms with van der Waals surface area (Å²) in [4.78, 5) is 44.8. The summed E-state index contributed by atoms with van der Waals surface area (Å²) in [5, 5.41) is 6.90. The third-order valence-electron chi connectivity index (χ3n) is 4.73. The average molecular weight is 562 g/mol. The Hall–Kier alpha value is -3.60. The SMILES string of the molecule is Cc1nn(OCc2ccc(C(=O)Nc3cc(C(=O)OC(C)C)cc(C(=O)OC(C)C)c3)o2)c(C)c1Br. The monoisotopic (exact) mass is 561 g/mol. The molecule has 0 bridgehead atoms. The highest BCUT2D eigenvalue weighted by atomic mass is 79.9. The van der Waals surface area contributed by atoms with Crippen LogP contribution in [-0.2, 0) is 16.1 Å². The Morgan fingerprint density at radius 1 is 1.00 bits per heavy atom. The number of amides is 1. The van der Waals surface area contributed by atoms with Crippen LogP contribution < -0.4 is 10.2 Å². The largest absolute Gasteiger partial charge is 0.459 e. The molecule has 1 amide bonds. The number of aryl methyl sites for hydroxylation is 1. The Kier molecular flexibility index (Phi) is 8.57. The van der Waals surface area contributed by atoms with E-state index in [2.05, 4.69) is 26.3 Å². The normalized spacial score (nSPS) is 11.0. The molecule has 2 aromatic heterocycles. The highest BCUT2D eigenvalue weighted by molar-refractivity contribution is 9.10. The van der Waals surface area contributed by atoms with Crippen LogP contribution in [0, 0.1) is 13.8 Å². The molecule has 0 aliphatic heterocycles. The predicted octanol–water partition coefficient (Wildman–Crippen LogP) is 4.87. The minimum absolute atomic E-state index is 0.0182. The van der Waals surface area contributed by atoms with Gasteiger partial charge in [0.15, 0.2) is 12.4 Å². The molecule has 36 heavy (non-hydrogen) atoms. The van der Waals surface area contributed by atoms with Crippen molar-refractivity contribution in [2.24, 2.45) is 0 Å². The van der Waals surface area contributed by atoms with Crippen LogP contribution in [-0.4, -0.2) is 40.0 Å². The van der Waals surface area contributed by atoms with E-state index >= 15 is 0 Å². The number of esters is 2. The maximum atomic E-state index is 12.8. The van der Waals surface area contributed by atoms with Crippen molar-refractivity contribution >= 4 is 39.5 Å². The lowest BCUT2D eigenvalue weighted by atomic mass is 10.1. The van der Waals surface area contributed by atoms with E-state index in [0.717, 1.165) is 15.9 Å². The van der Waals surface area contributed by atoms with Gasteiger partial charge in [-0.1, -0.05) is 0 Å². The van der Waals surface area contributed by atoms with Crippen LogP contribution in [0.25, 0.3) is 0 Å². The van der Waals surface area contributed by atoms with Crippen LogP contribution in [0.3, 0.4) is 0 Å². The molecule has 0 saturated heterocycles. The molecule has 3 rings (SSSR count). The molecule has 2 heterocycles. The third kappa shape index (κ3) is 6.75. The van der Waals surface area contributed by atoms with E-state index in [1.54, 1.807) is 33.8 Å². The first kappa shape index (κ1) is 27.0. The van der Waals surface area contributed by atoms with Crippen LogP contribution in [0.4, 0.5) is 5.69 Å². The number of rotatable bonds is 9. The molecule has 0 aliphatic rings. The van der Waals surface area contributed by atoms with E-state index in [4.69, 9.17) is 18.7 Å². The second-order valence-corrected chi connectivity index (χ2v) is 9.35. The van der Waals surface area contributed by atoms with E-state index in [0.29, 0.717) is 5.76 Å². The van der Waals surface area contributed by atoms with Crippen molar-refractivity contribution in [2.45, 2.75) is 60.4 Å². The van der Waals surface area contributed by atoms with Crippen molar-refractivity contribution < 1.29 is 33.1 Å². The number of nitrogens with one attached hydrogen (secondary N) is 1. The minimum Gasteiger partial charge on any atom is -0.459 e. The van der Waals surface area contributed by atoms with E-state index in [1.165, 1.54) is 29.1 Å². The smallest absolute Gasteiger partial charge is 0.338 e. The third-order valence-corrected chi connectivity index (χ3v) is 5.87. The van der Waals surface area contributed by atoms with Crippen LogP contribution >= 0.6 is 15.9 Å². The fraction of sp³-hybridized carbons (Fsp3) is 0.360. The number of anilines is 1. The van der Waals surface area contributed by atoms with Gasteiger partial charge in [-0.05, 0) is 87.8 Å². The molecule has 0 fully saturated rings. The van der Waals surface area contributed by atoms with Crippen molar-refractivity contribution in [3.63, 3.8) is 0 Å². The topological polar surface area (TPSA) is 122 Å². The van der Waals surface area contributed by atoms with Crippen molar-refractivity contribution in [3.05, 3.63) is 68.8 Å². The standard InChI is InChI=1S/C25H28BrN3O7/c1-13(2)34-24(31)17-9-18(25(32)35-14(3)4)11-19(10-17)27-23(30)21-8-7-20(36-21)12-33-29-16(6)22(26)15(5)28-29/h7-11,13-14H,12H2,1-6H3,(H,27,30). The fourth-order valence-corrected chi connectivity index (χ4v) is 3.35. The van der Waals surface area contributed by atoms with E-state index in [1.807, 2.05) is 13.8 Å². The molecule has 0 unspecified atom stereocenters. The lowest BCUT2D eigenvalue weighted by Crippen LogP contribution is -2.17. The van der Waals surface area contributed by atoms with Gasteiger partial charge >= 0.3 is 11.9 Å². The zero-order valence-corrected chi connectivity index (χ0v) is 22.5. The maximum absolute atomic E-state index is 12.8. The van der Waals surface area contributed by atoms with Gasteiger partial charge in [0.05, 0.1) is 39.2 Å². The molecular weight excluding hydrogens is 534 g/mol. The van der Waals surface area contributed by atoms with Gasteiger partial charge in [0.2, 0.25) is 0 Å². The number of hydrogen-bond donors (Lipinski definition) is 1. The molecule has 10 nitrogen and oxygen atoms in total. The number of halogens is 1. The highest BCUT2D eigenvalue weighted by Crippen LogP contribution is 2.21. The van der Waals surface area contributed by atoms with E-state index in [-0.39, 0.29) is 41.4 Å². The Labute approximate surface area is 217 Å². The molecule has 0 saturated carbocycles. The van der Waals surface area contributed by atoms with Gasteiger partial charge in [-0.3, -0.25) is 4.79 Å². The molecule has 1 aromatic carbocycles. The second-order valence-electron chi connectivity index (χ2n) is 8.56. The molecule has 1 N–H and O–H groups in total. The number of carbonyl (C=O) groups is 3. The van der Waals surface area contributed by atoms with Crippen LogP contribution in [0.5, 0.6) is 0 Å². The molecule has 0 aliphatic carbocycles. The molecule has 0 atom stereocenters. The molecule has 11 heteroatoms. The van der Waals surface area contributed by atoms with Crippen molar-refractivity contribution in [1.82, 2.24) is 9.94 Å². The maximum Gasteiger partial charge on any atom is 0.338 e. The lowest BCUT2D eigenvalue weighted by molar-refractivity contribution is 0.0377. The Balaban J connectivity index is 1.76. The summed E-state index contributed by atoms with van der Waals surface area (Å²) in [6.45, 7) is 10.6. The quantitative estimate of drug-likeness (QED) is 0.367. The number of ether oxygens (including phenoxy) is 2. The first-order valence-corrected chi connectivity index (χ1v) is 12.1. The highest BCUT2D eigenvalue weighted by Gasteiger charge is 2.19. The zero-order valence-electron chi connectivity index (χ0n) is 20.9. The fourth-order valence-electron chi connectivity index (χ4n) is 3.12. The molecule has 3 aromatic rings. The summed E-state index contributed by atoms with van der Waals surface area (Å²) in [7, 11) is 0. The molecule has 0 radical (unpaired) electrons. The number of carbonyl (C=O) groups excluding carboxylic acids is 3. The number of aromatic nitrogens is 2. The number of hydrogen-bond acceptors (Lipinski definition) is 8. The summed E-state index contributed by atoms with van der Waals surface area (Å²) in [5.74, 6) is -1.42. The number of nitrogens with zero attached hydrogens (tertiary/aromatic N) is 2. The Morgan fingerprint density at radius 2 is 1.58 bits per heavy atom. The molecule has 192 valence electrons. The first-order valence-electron chi connectivity index (χ1n) is 11.3. The second kappa shape index (κ2) is 11.4. The van der Waals surface area contributed by atoms with Crippen LogP contribution in [0.1, 0.15) is 76.1 Å². The van der Waals surface area contributed by atoms with Gasteiger partial charge in [-0.15, -0.1) is 9.94 Å². The predicted molar refractivity (Wildman–Crippen MR) is 134 cm³/mol.